The number of methoxy groups -OCH3 is 1. The van der Waals surface area contributed by atoms with Crippen LogP contribution >= 0.6 is 0 Å². The lowest BCUT2D eigenvalue weighted by Crippen LogP contribution is -2.24. The second-order valence-electron chi connectivity index (χ2n) is 8.04. The first-order valence-electron chi connectivity index (χ1n) is 8.11. The lowest BCUT2D eigenvalue weighted by Gasteiger charge is -2.30. The van der Waals surface area contributed by atoms with Gasteiger partial charge in [-0.05, 0) is 36.1 Å². The quantitative estimate of drug-likeness (QED) is 0.727. The maximum Gasteiger partial charge on any atom is 0.172 e. The molecule has 3 nitrogen and oxygen atoms in total. The van der Waals surface area contributed by atoms with Gasteiger partial charge in [-0.15, -0.1) is 0 Å². The molecule has 1 aromatic heterocycles. The molecular formula is C20H26O3. The van der Waals surface area contributed by atoms with Crippen molar-refractivity contribution in [1.82, 2.24) is 0 Å². The van der Waals surface area contributed by atoms with E-state index in [0.717, 1.165) is 33.8 Å². The van der Waals surface area contributed by atoms with Crippen LogP contribution < -0.4 is 4.74 Å². The van der Waals surface area contributed by atoms with Gasteiger partial charge in [0.25, 0.3) is 0 Å². The molecule has 0 fully saturated rings. The van der Waals surface area contributed by atoms with Crippen molar-refractivity contribution < 1.29 is 13.9 Å². The molecule has 3 heteroatoms. The van der Waals surface area contributed by atoms with E-state index in [0.29, 0.717) is 6.61 Å². The minimum atomic E-state index is 0.0106. The predicted molar refractivity (Wildman–Crippen MR) is 93.6 cm³/mol. The largest absolute Gasteiger partial charge is 0.497 e. The summed E-state index contributed by atoms with van der Waals surface area (Å²) in [4.78, 5) is 0. The standard InChI is InChI=1S/C20H26O3/c1-12-14-10-13(21-7)8-9-15(14)23-16(12)17-18(19(2,3)4)20(5,6)11-22-17/h8-10H,11H2,1-7H3. The number of fused-ring (bicyclic) bond motifs is 1. The van der Waals surface area contributed by atoms with Gasteiger partial charge in [-0.3, -0.25) is 0 Å². The molecule has 0 atom stereocenters. The highest BCUT2D eigenvalue weighted by Crippen LogP contribution is 2.50. The number of ether oxygens (including phenoxy) is 2. The van der Waals surface area contributed by atoms with Crippen molar-refractivity contribution in [2.24, 2.45) is 10.8 Å². The fourth-order valence-electron chi connectivity index (χ4n) is 3.78. The van der Waals surface area contributed by atoms with Crippen molar-refractivity contribution in [3.63, 3.8) is 0 Å². The van der Waals surface area contributed by atoms with E-state index in [1.165, 1.54) is 5.57 Å². The second-order valence-corrected chi connectivity index (χ2v) is 8.04. The van der Waals surface area contributed by atoms with Gasteiger partial charge >= 0.3 is 0 Å². The Morgan fingerprint density at radius 1 is 1.17 bits per heavy atom. The van der Waals surface area contributed by atoms with Crippen molar-refractivity contribution in [3.8, 4) is 5.75 Å². The topological polar surface area (TPSA) is 31.6 Å². The molecule has 2 aromatic rings. The van der Waals surface area contributed by atoms with Crippen LogP contribution in [-0.2, 0) is 4.74 Å². The first-order chi connectivity index (χ1) is 10.6. The third-order valence-electron chi connectivity index (χ3n) is 4.58. The van der Waals surface area contributed by atoms with Crippen LogP contribution in [0.2, 0.25) is 0 Å². The molecule has 0 N–H and O–H groups in total. The molecular weight excluding hydrogens is 288 g/mol. The van der Waals surface area contributed by atoms with Crippen LogP contribution in [0.25, 0.3) is 16.7 Å². The van der Waals surface area contributed by atoms with Crippen molar-refractivity contribution >= 4 is 16.7 Å². The van der Waals surface area contributed by atoms with E-state index >= 15 is 0 Å². The Labute approximate surface area is 138 Å². The van der Waals surface area contributed by atoms with Crippen LogP contribution in [0, 0.1) is 17.8 Å². The molecule has 23 heavy (non-hydrogen) atoms. The van der Waals surface area contributed by atoms with Gasteiger partial charge in [-0.1, -0.05) is 34.6 Å². The lowest BCUT2D eigenvalue weighted by molar-refractivity contribution is 0.210. The van der Waals surface area contributed by atoms with E-state index in [1.54, 1.807) is 7.11 Å². The van der Waals surface area contributed by atoms with Gasteiger partial charge in [0.05, 0.1) is 13.7 Å². The Kier molecular flexibility index (Phi) is 3.51. The fraction of sp³-hybridized carbons (Fsp3) is 0.500. The van der Waals surface area contributed by atoms with E-state index in [9.17, 15) is 0 Å². The number of benzene rings is 1. The highest BCUT2D eigenvalue weighted by molar-refractivity contribution is 5.87. The third kappa shape index (κ3) is 2.52. The average Bonchev–Trinajstić information content (AvgIpc) is 2.95. The zero-order valence-electron chi connectivity index (χ0n) is 15.2. The van der Waals surface area contributed by atoms with Crippen LogP contribution in [0.1, 0.15) is 45.9 Å². The molecule has 124 valence electrons. The van der Waals surface area contributed by atoms with Crippen molar-refractivity contribution in [1.29, 1.82) is 0 Å². The number of aryl methyl sites for hydroxylation is 1. The van der Waals surface area contributed by atoms with E-state index in [2.05, 4.69) is 41.5 Å². The van der Waals surface area contributed by atoms with Gasteiger partial charge in [0.15, 0.2) is 11.5 Å². The number of rotatable bonds is 2. The molecule has 1 aliphatic rings. The summed E-state index contributed by atoms with van der Waals surface area (Å²) in [5.74, 6) is 2.60. The summed E-state index contributed by atoms with van der Waals surface area (Å²) < 4.78 is 17.6. The van der Waals surface area contributed by atoms with Gasteiger partial charge in [0, 0.05) is 16.4 Å². The normalized spacial score (nSPS) is 17.7. The Morgan fingerprint density at radius 2 is 1.87 bits per heavy atom. The smallest absolute Gasteiger partial charge is 0.172 e. The zero-order valence-corrected chi connectivity index (χ0v) is 15.2. The Bertz CT molecular complexity index is 785. The minimum absolute atomic E-state index is 0.0106. The molecule has 0 unspecified atom stereocenters. The molecule has 0 aliphatic carbocycles. The number of hydrogen-bond donors (Lipinski definition) is 0. The lowest BCUT2D eigenvalue weighted by atomic mass is 9.71. The molecule has 2 heterocycles. The summed E-state index contributed by atoms with van der Waals surface area (Å²) in [7, 11) is 1.68. The number of furan rings is 1. The van der Waals surface area contributed by atoms with Gasteiger partial charge in [-0.25, -0.2) is 0 Å². The van der Waals surface area contributed by atoms with Crippen LogP contribution in [0.4, 0.5) is 0 Å². The SMILES string of the molecule is COc1ccc2oc(C3=C(C(C)(C)C)C(C)(C)CO3)c(C)c2c1. The molecule has 1 aliphatic heterocycles. The fourth-order valence-corrected chi connectivity index (χ4v) is 3.78. The summed E-state index contributed by atoms with van der Waals surface area (Å²) in [6.07, 6.45) is 0. The van der Waals surface area contributed by atoms with Crippen LogP contribution in [0.3, 0.4) is 0 Å². The third-order valence-corrected chi connectivity index (χ3v) is 4.58. The van der Waals surface area contributed by atoms with E-state index in [1.807, 2.05) is 18.2 Å². The van der Waals surface area contributed by atoms with Gasteiger partial charge in [0.1, 0.15) is 11.3 Å². The van der Waals surface area contributed by atoms with Gasteiger partial charge < -0.3 is 13.9 Å². The predicted octanol–water partition coefficient (Wildman–Crippen LogP) is 5.56. The van der Waals surface area contributed by atoms with Gasteiger partial charge in [0.2, 0.25) is 0 Å². The first kappa shape index (κ1) is 16.0. The number of hydrogen-bond acceptors (Lipinski definition) is 3. The van der Waals surface area contributed by atoms with Crippen molar-refractivity contribution in [2.45, 2.75) is 41.5 Å². The van der Waals surface area contributed by atoms with Gasteiger partial charge in [-0.2, -0.15) is 0 Å². The molecule has 0 bridgehead atoms. The highest BCUT2D eigenvalue weighted by Gasteiger charge is 2.42. The molecule has 0 saturated heterocycles. The molecule has 0 amide bonds. The summed E-state index contributed by atoms with van der Waals surface area (Å²) in [5, 5.41) is 1.08. The van der Waals surface area contributed by atoms with Crippen molar-refractivity contribution in [2.75, 3.05) is 13.7 Å². The summed E-state index contributed by atoms with van der Waals surface area (Å²) >= 11 is 0. The molecule has 1 aromatic carbocycles. The van der Waals surface area contributed by atoms with Crippen LogP contribution in [0.15, 0.2) is 28.2 Å². The zero-order chi connectivity index (χ0) is 17.0. The maximum atomic E-state index is 6.16. The van der Waals surface area contributed by atoms with E-state index in [4.69, 9.17) is 13.9 Å². The Hall–Kier alpha value is -1.90. The maximum absolute atomic E-state index is 6.16. The second kappa shape index (κ2) is 5.05. The first-order valence-corrected chi connectivity index (χ1v) is 8.11. The summed E-state index contributed by atoms with van der Waals surface area (Å²) in [6, 6.07) is 5.91. The van der Waals surface area contributed by atoms with Crippen molar-refractivity contribution in [3.05, 3.63) is 35.1 Å². The molecule has 3 rings (SSSR count). The van der Waals surface area contributed by atoms with E-state index in [-0.39, 0.29) is 10.8 Å². The van der Waals surface area contributed by atoms with Crippen LogP contribution in [0.5, 0.6) is 5.75 Å². The summed E-state index contributed by atoms with van der Waals surface area (Å²) in [6.45, 7) is 14.0. The Balaban J connectivity index is 2.25. The average molecular weight is 314 g/mol. The molecule has 0 radical (unpaired) electrons. The minimum Gasteiger partial charge on any atom is -0.497 e. The molecule has 0 spiro atoms. The monoisotopic (exact) mass is 314 g/mol. The highest BCUT2D eigenvalue weighted by atomic mass is 16.5. The Morgan fingerprint density at radius 3 is 2.48 bits per heavy atom. The van der Waals surface area contributed by atoms with E-state index < -0.39 is 0 Å². The summed E-state index contributed by atoms with van der Waals surface area (Å²) in [5.41, 5.74) is 3.33. The molecule has 0 saturated carbocycles. The van der Waals surface area contributed by atoms with Crippen LogP contribution in [-0.4, -0.2) is 13.7 Å².